The molecule has 3 nitrogen and oxygen atoms in total. The zero-order valence-electron chi connectivity index (χ0n) is 31.0. The van der Waals surface area contributed by atoms with Gasteiger partial charge in [-0.2, -0.15) is 0 Å². The van der Waals surface area contributed by atoms with Crippen LogP contribution < -0.4 is 0 Å². The van der Waals surface area contributed by atoms with Gasteiger partial charge in [-0.15, -0.1) is 0 Å². The van der Waals surface area contributed by atoms with Gasteiger partial charge in [-0.3, -0.25) is 0 Å². The van der Waals surface area contributed by atoms with Crippen molar-refractivity contribution < 1.29 is 0 Å². The minimum Gasteiger partial charge on any atom is -0.248 e. The molecule has 2 aliphatic rings. The second-order valence-corrected chi connectivity index (χ2v) is 14.7. The smallest absolute Gasteiger partial charge is 0.160 e. The van der Waals surface area contributed by atoms with E-state index in [4.69, 9.17) is 15.0 Å². The molecule has 2 aromatic heterocycles. The standard InChI is InChI=1S/C53H39N3/c1-5-13-36(14-6-1)38-21-25-42(26-22-38)50-35-51(56-53(55-50)43-27-23-39(24-28-43)37-15-7-2-8-16-37)45-29-31-46-44(33-45)30-32-48-52(46)47(40-17-9-3-10-18-40)34-49(54-48)41-19-11-4-12-20-41/h1-17,19-23,25-35,39-40H,18,24H2. The number of nitrogens with zero attached hydrogens (tertiary/aromatic N) is 3. The third kappa shape index (κ3) is 6.58. The van der Waals surface area contributed by atoms with Gasteiger partial charge >= 0.3 is 0 Å². The highest BCUT2D eigenvalue weighted by molar-refractivity contribution is 6.09. The van der Waals surface area contributed by atoms with Crippen LogP contribution in [0.4, 0.5) is 0 Å². The van der Waals surface area contributed by atoms with Gasteiger partial charge in [-0.25, -0.2) is 15.0 Å². The highest BCUT2D eigenvalue weighted by atomic mass is 14.9. The van der Waals surface area contributed by atoms with E-state index in [2.05, 4.69) is 200 Å². The summed E-state index contributed by atoms with van der Waals surface area (Å²) in [6.07, 6.45) is 17.6. The van der Waals surface area contributed by atoms with Crippen molar-refractivity contribution in [3.8, 4) is 44.9 Å². The van der Waals surface area contributed by atoms with Gasteiger partial charge in [0.2, 0.25) is 0 Å². The van der Waals surface area contributed by atoms with E-state index < -0.39 is 0 Å². The van der Waals surface area contributed by atoms with Crippen molar-refractivity contribution in [1.82, 2.24) is 15.0 Å². The Kier molecular flexibility index (Phi) is 8.81. The average molecular weight is 718 g/mol. The van der Waals surface area contributed by atoms with Crippen molar-refractivity contribution in [1.29, 1.82) is 0 Å². The van der Waals surface area contributed by atoms with Crippen molar-refractivity contribution in [2.24, 2.45) is 0 Å². The number of allylic oxidation sites excluding steroid dienone is 8. The van der Waals surface area contributed by atoms with Gasteiger partial charge in [0.1, 0.15) is 0 Å². The van der Waals surface area contributed by atoms with E-state index in [1.54, 1.807) is 0 Å². The van der Waals surface area contributed by atoms with Crippen LogP contribution in [0.5, 0.6) is 0 Å². The van der Waals surface area contributed by atoms with Crippen LogP contribution in [0.3, 0.4) is 0 Å². The summed E-state index contributed by atoms with van der Waals surface area (Å²) in [5, 5.41) is 3.58. The zero-order valence-corrected chi connectivity index (χ0v) is 31.0. The highest BCUT2D eigenvalue weighted by Crippen LogP contribution is 2.39. The summed E-state index contributed by atoms with van der Waals surface area (Å²) in [7, 11) is 0. The summed E-state index contributed by atoms with van der Waals surface area (Å²) in [4.78, 5) is 15.7. The Bertz CT molecular complexity index is 2830. The second-order valence-electron chi connectivity index (χ2n) is 14.7. The molecule has 0 aliphatic heterocycles. The molecule has 6 aromatic carbocycles. The van der Waals surface area contributed by atoms with Gasteiger partial charge in [-0.05, 0) is 70.1 Å². The first kappa shape index (κ1) is 33.6. The molecule has 2 aliphatic carbocycles. The topological polar surface area (TPSA) is 38.7 Å². The lowest BCUT2D eigenvalue weighted by Gasteiger charge is -2.19. The summed E-state index contributed by atoms with van der Waals surface area (Å²) < 4.78 is 0. The molecule has 0 amide bonds. The number of aromatic nitrogens is 3. The minimum atomic E-state index is 0.275. The molecule has 0 N–H and O–H groups in total. The van der Waals surface area contributed by atoms with Crippen LogP contribution in [0.2, 0.25) is 0 Å². The first-order chi connectivity index (χ1) is 27.7. The molecular weight excluding hydrogens is 679 g/mol. The molecule has 266 valence electrons. The molecule has 0 saturated heterocycles. The van der Waals surface area contributed by atoms with Crippen molar-refractivity contribution in [3.63, 3.8) is 0 Å². The predicted octanol–water partition coefficient (Wildman–Crippen LogP) is 13.6. The number of pyridine rings is 1. The molecule has 2 unspecified atom stereocenters. The second kappa shape index (κ2) is 14.7. The van der Waals surface area contributed by atoms with Crippen molar-refractivity contribution in [2.75, 3.05) is 0 Å². The van der Waals surface area contributed by atoms with E-state index >= 15 is 0 Å². The molecule has 10 rings (SSSR count). The number of fused-ring (bicyclic) bond motifs is 3. The van der Waals surface area contributed by atoms with Gasteiger partial charge in [0.15, 0.2) is 5.82 Å². The first-order valence-electron chi connectivity index (χ1n) is 19.5. The monoisotopic (exact) mass is 717 g/mol. The molecule has 0 fully saturated rings. The number of hydrogen-bond acceptors (Lipinski definition) is 3. The van der Waals surface area contributed by atoms with E-state index in [0.717, 1.165) is 68.9 Å². The fourth-order valence-electron chi connectivity index (χ4n) is 8.19. The highest BCUT2D eigenvalue weighted by Gasteiger charge is 2.20. The molecule has 0 bridgehead atoms. The van der Waals surface area contributed by atoms with Crippen LogP contribution in [0.25, 0.3) is 72.1 Å². The van der Waals surface area contributed by atoms with Crippen LogP contribution in [-0.4, -0.2) is 15.0 Å². The molecular formula is C53H39N3. The SMILES string of the molecule is C1=CCC(c2cc(-c3ccccc3)nc3ccc4cc(-c5cc(-c6ccc(-c7ccccc7)cc6)nc(C6=CCC(c7ccccc7)C=C6)n5)ccc4c23)C=C1. The Balaban J connectivity index is 1.08. The normalized spacial score (nSPS) is 16.3. The minimum absolute atomic E-state index is 0.275. The fraction of sp³-hybridized carbons (Fsp3) is 0.0755. The van der Waals surface area contributed by atoms with Gasteiger partial charge in [-0.1, -0.05) is 176 Å². The quantitative estimate of drug-likeness (QED) is 0.154. The van der Waals surface area contributed by atoms with Crippen LogP contribution in [0, 0.1) is 0 Å². The lowest BCUT2D eigenvalue weighted by molar-refractivity contribution is 0.854. The Morgan fingerprint density at radius 2 is 1.11 bits per heavy atom. The molecule has 0 saturated carbocycles. The average Bonchev–Trinajstić information content (AvgIpc) is 3.29. The van der Waals surface area contributed by atoms with E-state index in [9.17, 15) is 0 Å². The Labute approximate surface area is 327 Å². The summed E-state index contributed by atoms with van der Waals surface area (Å²) in [6, 6.07) is 56.0. The van der Waals surface area contributed by atoms with Crippen LogP contribution in [0.15, 0.2) is 200 Å². The summed E-state index contributed by atoms with van der Waals surface area (Å²) in [6.45, 7) is 0. The van der Waals surface area contributed by atoms with Gasteiger partial charge in [0.05, 0.1) is 22.6 Å². The maximum Gasteiger partial charge on any atom is 0.160 e. The molecule has 56 heavy (non-hydrogen) atoms. The van der Waals surface area contributed by atoms with E-state index in [0.29, 0.717) is 5.92 Å². The summed E-state index contributed by atoms with van der Waals surface area (Å²) in [5.41, 5.74) is 13.1. The molecule has 0 radical (unpaired) electrons. The zero-order chi connectivity index (χ0) is 37.3. The molecule has 3 heteroatoms. The molecule has 2 heterocycles. The van der Waals surface area contributed by atoms with Crippen LogP contribution in [0.1, 0.15) is 41.6 Å². The third-order valence-corrected chi connectivity index (χ3v) is 11.2. The number of rotatable bonds is 7. The van der Waals surface area contributed by atoms with E-state index in [1.165, 1.54) is 33.0 Å². The van der Waals surface area contributed by atoms with E-state index in [1.807, 2.05) is 0 Å². The van der Waals surface area contributed by atoms with Gasteiger partial charge in [0.25, 0.3) is 0 Å². The first-order valence-corrected chi connectivity index (χ1v) is 19.5. The summed E-state index contributed by atoms with van der Waals surface area (Å²) in [5.74, 6) is 1.35. The Morgan fingerprint density at radius 3 is 1.82 bits per heavy atom. The summed E-state index contributed by atoms with van der Waals surface area (Å²) >= 11 is 0. The molecule has 8 aromatic rings. The van der Waals surface area contributed by atoms with Crippen molar-refractivity contribution >= 4 is 27.2 Å². The molecule has 2 atom stereocenters. The number of hydrogen-bond donors (Lipinski definition) is 0. The lowest BCUT2D eigenvalue weighted by atomic mass is 9.87. The fourth-order valence-corrected chi connectivity index (χ4v) is 8.19. The number of benzene rings is 6. The van der Waals surface area contributed by atoms with Gasteiger partial charge < -0.3 is 0 Å². The third-order valence-electron chi connectivity index (χ3n) is 11.2. The van der Waals surface area contributed by atoms with Crippen molar-refractivity contribution in [2.45, 2.75) is 24.7 Å². The van der Waals surface area contributed by atoms with Crippen LogP contribution in [-0.2, 0) is 0 Å². The molecule has 0 spiro atoms. The Hall–Kier alpha value is -6.97. The largest absolute Gasteiger partial charge is 0.248 e. The predicted molar refractivity (Wildman–Crippen MR) is 233 cm³/mol. The van der Waals surface area contributed by atoms with E-state index in [-0.39, 0.29) is 5.92 Å². The van der Waals surface area contributed by atoms with Crippen LogP contribution >= 0.6 is 0 Å². The lowest BCUT2D eigenvalue weighted by Crippen LogP contribution is -2.03. The maximum absolute atomic E-state index is 5.26. The maximum atomic E-state index is 5.26. The van der Waals surface area contributed by atoms with Crippen molar-refractivity contribution in [3.05, 3.63) is 217 Å². The van der Waals surface area contributed by atoms with Gasteiger partial charge in [0, 0.05) is 39.5 Å². The Morgan fingerprint density at radius 1 is 0.464 bits per heavy atom.